The van der Waals surface area contributed by atoms with Crippen LogP contribution in [0.3, 0.4) is 0 Å². The fourth-order valence-corrected chi connectivity index (χ4v) is 1.97. The zero-order chi connectivity index (χ0) is 15.9. The Hall–Kier alpha value is -2.29. The van der Waals surface area contributed by atoms with Gasteiger partial charge in [0.2, 0.25) is 0 Å². The molecule has 0 aliphatic rings. The lowest BCUT2D eigenvalue weighted by atomic mass is 10.0. The van der Waals surface area contributed by atoms with Gasteiger partial charge in [-0.3, -0.25) is 0 Å². The quantitative estimate of drug-likeness (QED) is 0.742. The maximum Gasteiger partial charge on any atom is 0.344 e. The standard InChI is InChI=1S/C19H22O3/c1-4-15(3)22-19(20)13-21-18-11-9-17(10-12-18)16-7-5-14(2)6-8-16/h5-12,15H,4,13H2,1-3H3/t15-/m1/s1. The van der Waals surface area contributed by atoms with Crippen LogP contribution in [0.25, 0.3) is 11.1 Å². The molecule has 1 atom stereocenters. The molecule has 0 amide bonds. The first kappa shape index (κ1) is 16.1. The van der Waals surface area contributed by atoms with Crippen LogP contribution in [0, 0.1) is 6.92 Å². The van der Waals surface area contributed by atoms with E-state index in [1.54, 1.807) is 0 Å². The lowest BCUT2D eigenvalue weighted by molar-refractivity contribution is -0.150. The fraction of sp³-hybridized carbons (Fsp3) is 0.316. The van der Waals surface area contributed by atoms with Gasteiger partial charge in [0.15, 0.2) is 6.61 Å². The van der Waals surface area contributed by atoms with Crippen LogP contribution < -0.4 is 4.74 Å². The third-order valence-corrected chi connectivity index (χ3v) is 3.50. The average Bonchev–Trinajstić information content (AvgIpc) is 2.54. The Morgan fingerprint density at radius 1 is 1.00 bits per heavy atom. The van der Waals surface area contributed by atoms with Crippen molar-refractivity contribution >= 4 is 5.97 Å². The molecule has 0 saturated carbocycles. The van der Waals surface area contributed by atoms with Crippen molar-refractivity contribution in [1.82, 2.24) is 0 Å². The average molecular weight is 298 g/mol. The predicted octanol–water partition coefficient (Wildman–Crippen LogP) is 4.38. The van der Waals surface area contributed by atoms with E-state index in [4.69, 9.17) is 9.47 Å². The summed E-state index contributed by atoms with van der Waals surface area (Å²) in [6.45, 7) is 5.85. The first-order valence-electron chi connectivity index (χ1n) is 7.58. The van der Waals surface area contributed by atoms with Gasteiger partial charge in [0.25, 0.3) is 0 Å². The minimum Gasteiger partial charge on any atom is -0.482 e. The van der Waals surface area contributed by atoms with Gasteiger partial charge in [0, 0.05) is 0 Å². The highest BCUT2D eigenvalue weighted by Gasteiger charge is 2.08. The van der Waals surface area contributed by atoms with E-state index in [1.165, 1.54) is 5.56 Å². The summed E-state index contributed by atoms with van der Waals surface area (Å²) in [5, 5.41) is 0. The van der Waals surface area contributed by atoms with Crippen molar-refractivity contribution in [3.05, 3.63) is 54.1 Å². The summed E-state index contributed by atoms with van der Waals surface area (Å²) in [7, 11) is 0. The second-order valence-electron chi connectivity index (χ2n) is 5.39. The van der Waals surface area contributed by atoms with Crippen LogP contribution in [0.2, 0.25) is 0 Å². The van der Waals surface area contributed by atoms with Gasteiger partial charge in [-0.25, -0.2) is 4.79 Å². The Labute approximate surface area is 131 Å². The summed E-state index contributed by atoms with van der Waals surface area (Å²) >= 11 is 0. The van der Waals surface area contributed by atoms with E-state index >= 15 is 0 Å². The SMILES string of the molecule is CC[C@@H](C)OC(=O)COc1ccc(-c2ccc(C)cc2)cc1. The van der Waals surface area contributed by atoms with Gasteiger partial charge in [0.05, 0.1) is 6.10 Å². The first-order valence-corrected chi connectivity index (χ1v) is 7.58. The lowest BCUT2D eigenvalue weighted by Gasteiger charge is -2.11. The highest BCUT2D eigenvalue weighted by molar-refractivity contribution is 5.71. The van der Waals surface area contributed by atoms with Crippen LogP contribution in [0.1, 0.15) is 25.8 Å². The van der Waals surface area contributed by atoms with Crippen molar-refractivity contribution in [3.63, 3.8) is 0 Å². The molecule has 0 aromatic heterocycles. The van der Waals surface area contributed by atoms with Crippen LogP contribution in [-0.2, 0) is 9.53 Å². The zero-order valence-corrected chi connectivity index (χ0v) is 13.3. The van der Waals surface area contributed by atoms with Crippen molar-refractivity contribution in [2.75, 3.05) is 6.61 Å². The summed E-state index contributed by atoms with van der Waals surface area (Å²) in [5.41, 5.74) is 3.52. The van der Waals surface area contributed by atoms with Gasteiger partial charge >= 0.3 is 5.97 Å². The third kappa shape index (κ3) is 4.62. The Kier molecular flexibility index (Phi) is 5.59. The lowest BCUT2D eigenvalue weighted by Crippen LogP contribution is -2.20. The molecule has 0 aliphatic heterocycles. The van der Waals surface area contributed by atoms with Crippen molar-refractivity contribution in [3.8, 4) is 16.9 Å². The Bertz CT molecular complexity index is 600. The Balaban J connectivity index is 1.92. The molecule has 0 aliphatic carbocycles. The second-order valence-corrected chi connectivity index (χ2v) is 5.39. The summed E-state index contributed by atoms with van der Waals surface area (Å²) in [5.74, 6) is 0.328. The van der Waals surface area contributed by atoms with Crippen molar-refractivity contribution < 1.29 is 14.3 Å². The van der Waals surface area contributed by atoms with E-state index in [9.17, 15) is 4.79 Å². The number of hydrogen-bond acceptors (Lipinski definition) is 3. The molecule has 22 heavy (non-hydrogen) atoms. The van der Waals surface area contributed by atoms with Crippen LogP contribution >= 0.6 is 0 Å². The van der Waals surface area contributed by atoms with E-state index in [-0.39, 0.29) is 18.7 Å². The molecular weight excluding hydrogens is 276 g/mol. The highest BCUT2D eigenvalue weighted by Crippen LogP contribution is 2.22. The van der Waals surface area contributed by atoms with E-state index in [0.717, 1.165) is 17.5 Å². The van der Waals surface area contributed by atoms with E-state index in [1.807, 2.05) is 38.1 Å². The molecule has 0 radical (unpaired) electrons. The van der Waals surface area contributed by atoms with Crippen LogP contribution in [0.4, 0.5) is 0 Å². The largest absolute Gasteiger partial charge is 0.482 e. The molecule has 0 heterocycles. The highest BCUT2D eigenvalue weighted by atomic mass is 16.6. The van der Waals surface area contributed by atoms with Crippen molar-refractivity contribution in [2.24, 2.45) is 0 Å². The number of hydrogen-bond donors (Lipinski definition) is 0. The van der Waals surface area contributed by atoms with Gasteiger partial charge in [-0.05, 0) is 43.5 Å². The number of carbonyl (C=O) groups is 1. The third-order valence-electron chi connectivity index (χ3n) is 3.50. The van der Waals surface area contributed by atoms with Crippen molar-refractivity contribution in [1.29, 1.82) is 0 Å². The maximum atomic E-state index is 11.6. The minimum absolute atomic E-state index is 0.0613. The van der Waals surface area contributed by atoms with E-state index < -0.39 is 0 Å². The molecule has 0 bridgehead atoms. The number of carbonyl (C=O) groups excluding carboxylic acids is 1. The number of esters is 1. The van der Waals surface area contributed by atoms with Crippen LogP contribution in [0.5, 0.6) is 5.75 Å². The van der Waals surface area contributed by atoms with Gasteiger partial charge in [0.1, 0.15) is 5.75 Å². The summed E-state index contributed by atoms with van der Waals surface area (Å²) in [6, 6.07) is 16.1. The molecule has 3 heteroatoms. The molecular formula is C19H22O3. The molecule has 0 N–H and O–H groups in total. The Morgan fingerprint density at radius 2 is 1.55 bits per heavy atom. The molecule has 0 spiro atoms. The van der Waals surface area contributed by atoms with Gasteiger partial charge < -0.3 is 9.47 Å². The molecule has 0 unspecified atom stereocenters. The molecule has 2 rings (SSSR count). The Morgan fingerprint density at radius 3 is 2.09 bits per heavy atom. The van der Waals surface area contributed by atoms with Gasteiger partial charge in [-0.1, -0.05) is 48.9 Å². The van der Waals surface area contributed by atoms with Crippen LogP contribution in [0.15, 0.2) is 48.5 Å². The first-order chi connectivity index (χ1) is 10.6. The van der Waals surface area contributed by atoms with Gasteiger partial charge in [-0.15, -0.1) is 0 Å². The summed E-state index contributed by atoms with van der Waals surface area (Å²) in [4.78, 5) is 11.6. The normalized spacial score (nSPS) is 11.8. The number of aryl methyl sites for hydroxylation is 1. The maximum absolute atomic E-state index is 11.6. The topological polar surface area (TPSA) is 35.5 Å². The smallest absolute Gasteiger partial charge is 0.344 e. The molecule has 0 fully saturated rings. The van der Waals surface area contributed by atoms with E-state index in [2.05, 4.69) is 31.2 Å². The summed E-state index contributed by atoms with van der Waals surface area (Å²) in [6.07, 6.45) is 0.733. The fourth-order valence-electron chi connectivity index (χ4n) is 1.97. The number of rotatable bonds is 6. The monoisotopic (exact) mass is 298 g/mol. The minimum atomic E-state index is -0.336. The molecule has 2 aromatic carbocycles. The summed E-state index contributed by atoms with van der Waals surface area (Å²) < 4.78 is 10.6. The number of benzene rings is 2. The van der Waals surface area contributed by atoms with Crippen molar-refractivity contribution in [2.45, 2.75) is 33.3 Å². The van der Waals surface area contributed by atoms with E-state index in [0.29, 0.717) is 5.75 Å². The second kappa shape index (κ2) is 7.64. The number of ether oxygens (including phenoxy) is 2. The molecule has 3 nitrogen and oxygen atoms in total. The molecule has 2 aromatic rings. The van der Waals surface area contributed by atoms with Gasteiger partial charge in [-0.2, -0.15) is 0 Å². The molecule has 0 saturated heterocycles. The predicted molar refractivity (Wildman–Crippen MR) is 88.0 cm³/mol. The molecule has 116 valence electrons. The zero-order valence-electron chi connectivity index (χ0n) is 13.3. The van der Waals surface area contributed by atoms with Crippen LogP contribution in [-0.4, -0.2) is 18.7 Å².